The van der Waals surface area contributed by atoms with Gasteiger partial charge in [0.2, 0.25) is 0 Å². The van der Waals surface area contributed by atoms with Crippen molar-refractivity contribution >= 4 is 0 Å². The molecule has 0 aromatic carbocycles. The van der Waals surface area contributed by atoms with Crippen LogP contribution in [0.2, 0.25) is 0 Å². The van der Waals surface area contributed by atoms with Crippen LogP contribution in [0.25, 0.3) is 0 Å². The molecule has 0 rings (SSSR count). The number of unbranched alkanes of at least 4 members (excludes halogenated alkanes) is 10. The Morgan fingerprint density at radius 2 is 0.773 bits per heavy atom. The Labute approximate surface area is 137 Å². The van der Waals surface area contributed by atoms with Gasteiger partial charge in [-0.05, 0) is 32.6 Å². The van der Waals surface area contributed by atoms with Gasteiger partial charge in [-0.1, -0.05) is 57.8 Å². The maximum Gasteiger partial charge on any atom is 0.0512 e. The van der Waals surface area contributed by atoms with Crippen LogP contribution in [-0.2, 0) is 0 Å². The Morgan fingerprint density at radius 1 is 0.500 bits per heavy atom. The zero-order valence-corrected chi connectivity index (χ0v) is 14.7. The second-order valence-electron chi connectivity index (χ2n) is 6.05. The van der Waals surface area contributed by atoms with E-state index >= 15 is 0 Å². The summed E-state index contributed by atoms with van der Waals surface area (Å²) in [6.07, 6.45) is 14.2. The van der Waals surface area contributed by atoms with Gasteiger partial charge in [-0.15, -0.1) is 0 Å². The highest BCUT2D eigenvalue weighted by atomic mass is 16.3. The smallest absolute Gasteiger partial charge is 0.0512 e. The third-order valence-electron chi connectivity index (χ3n) is 3.60. The molecule has 0 aromatic rings. The molecule has 4 heteroatoms. The van der Waals surface area contributed by atoms with Crippen molar-refractivity contribution in [3.05, 3.63) is 0 Å². The van der Waals surface area contributed by atoms with Gasteiger partial charge in [0.25, 0.3) is 0 Å². The minimum atomic E-state index is -0.137. The van der Waals surface area contributed by atoms with E-state index in [1.165, 1.54) is 32.1 Å². The van der Waals surface area contributed by atoms with Crippen molar-refractivity contribution in [3.8, 4) is 0 Å². The average molecular weight is 321 g/mol. The van der Waals surface area contributed by atoms with Gasteiger partial charge in [0.15, 0.2) is 0 Å². The normalized spacial score (nSPS) is 11.9. The second-order valence-corrected chi connectivity index (χ2v) is 6.05. The van der Waals surface area contributed by atoms with Crippen molar-refractivity contribution in [2.75, 3.05) is 19.8 Å². The summed E-state index contributed by atoms with van der Waals surface area (Å²) >= 11 is 0. The molecule has 0 aliphatic heterocycles. The van der Waals surface area contributed by atoms with Crippen LogP contribution in [0.3, 0.4) is 0 Å². The highest BCUT2D eigenvalue weighted by molar-refractivity contribution is 4.49. The quantitative estimate of drug-likeness (QED) is 0.349. The zero-order chi connectivity index (χ0) is 16.9. The van der Waals surface area contributed by atoms with Crippen LogP contribution in [0, 0.1) is 0 Å². The van der Waals surface area contributed by atoms with Gasteiger partial charge in [-0.3, -0.25) is 0 Å². The summed E-state index contributed by atoms with van der Waals surface area (Å²) in [7, 11) is 0. The van der Waals surface area contributed by atoms with Crippen LogP contribution < -0.4 is 0 Å². The molecular formula is C18H40O4. The minimum Gasteiger partial charge on any atom is -0.396 e. The average Bonchev–Trinajstić information content (AvgIpc) is 2.50. The van der Waals surface area contributed by atoms with Gasteiger partial charge in [0, 0.05) is 19.8 Å². The van der Waals surface area contributed by atoms with Crippen molar-refractivity contribution in [1.82, 2.24) is 0 Å². The molecule has 0 heterocycles. The molecule has 1 atom stereocenters. The molecule has 0 aromatic heterocycles. The first-order valence-electron chi connectivity index (χ1n) is 9.19. The van der Waals surface area contributed by atoms with Gasteiger partial charge < -0.3 is 20.4 Å². The highest BCUT2D eigenvalue weighted by Gasteiger charge is 1.95. The maximum atomic E-state index is 8.96. The monoisotopic (exact) mass is 320 g/mol. The Morgan fingerprint density at radius 3 is 1.05 bits per heavy atom. The Balaban J connectivity index is 0. The summed E-state index contributed by atoms with van der Waals surface area (Å²) in [4.78, 5) is 0. The molecule has 136 valence electrons. The van der Waals surface area contributed by atoms with Crippen LogP contribution in [0.15, 0.2) is 0 Å². The number of hydrogen-bond donors (Lipinski definition) is 4. The van der Waals surface area contributed by atoms with Crippen molar-refractivity contribution in [3.63, 3.8) is 0 Å². The minimum absolute atomic E-state index is 0.137. The summed E-state index contributed by atoms with van der Waals surface area (Å²) in [5.41, 5.74) is 0. The Kier molecular flexibility index (Phi) is 25.3. The number of aliphatic hydroxyl groups is 4. The van der Waals surface area contributed by atoms with E-state index in [-0.39, 0.29) is 6.10 Å². The first-order valence-corrected chi connectivity index (χ1v) is 9.19. The SMILES string of the molecule is CC(O)CCCCCCCCO.OCCCCCCCCO. The summed E-state index contributed by atoms with van der Waals surface area (Å²) in [5, 5.41) is 34.3. The fourth-order valence-corrected chi connectivity index (χ4v) is 2.19. The van der Waals surface area contributed by atoms with E-state index in [1.807, 2.05) is 6.92 Å². The number of rotatable bonds is 15. The molecule has 0 bridgehead atoms. The molecular weight excluding hydrogens is 280 g/mol. The number of hydrogen-bond acceptors (Lipinski definition) is 4. The molecule has 22 heavy (non-hydrogen) atoms. The summed E-state index contributed by atoms with van der Waals surface area (Å²) in [6.45, 7) is 2.80. The van der Waals surface area contributed by atoms with E-state index in [0.29, 0.717) is 19.8 Å². The molecule has 4 nitrogen and oxygen atoms in total. The first kappa shape index (κ1) is 24.1. The first-order chi connectivity index (χ1) is 10.7. The Hall–Kier alpha value is -0.160. The predicted octanol–water partition coefficient (Wildman–Crippen LogP) is 3.40. The van der Waals surface area contributed by atoms with Crippen molar-refractivity contribution in [2.45, 2.75) is 96.5 Å². The van der Waals surface area contributed by atoms with Crippen LogP contribution in [0.4, 0.5) is 0 Å². The van der Waals surface area contributed by atoms with Crippen LogP contribution in [0.5, 0.6) is 0 Å². The van der Waals surface area contributed by atoms with E-state index in [1.54, 1.807) is 0 Å². The van der Waals surface area contributed by atoms with Gasteiger partial charge >= 0.3 is 0 Å². The van der Waals surface area contributed by atoms with Gasteiger partial charge in [-0.2, -0.15) is 0 Å². The highest BCUT2D eigenvalue weighted by Crippen LogP contribution is 2.08. The van der Waals surface area contributed by atoms with Crippen molar-refractivity contribution in [2.24, 2.45) is 0 Å². The lowest BCUT2D eigenvalue weighted by Crippen LogP contribution is -1.98. The molecule has 0 amide bonds. The van der Waals surface area contributed by atoms with Crippen LogP contribution in [-0.4, -0.2) is 46.4 Å². The lowest BCUT2D eigenvalue weighted by molar-refractivity contribution is 0.180. The predicted molar refractivity (Wildman–Crippen MR) is 93.0 cm³/mol. The maximum absolute atomic E-state index is 8.96. The second kappa shape index (κ2) is 23.1. The topological polar surface area (TPSA) is 80.9 Å². The lowest BCUT2D eigenvalue weighted by atomic mass is 10.1. The standard InChI is InChI=1S/C10H22O2.C8H18O2/c1-10(12)8-6-4-2-3-5-7-9-11;9-7-5-3-1-2-4-6-8-10/h10-12H,2-9H2,1H3;9-10H,1-8H2. The molecule has 1 unspecified atom stereocenters. The Bertz CT molecular complexity index is 166. The fraction of sp³-hybridized carbons (Fsp3) is 1.00. The van der Waals surface area contributed by atoms with E-state index in [0.717, 1.165) is 51.4 Å². The zero-order valence-electron chi connectivity index (χ0n) is 14.7. The summed E-state index contributed by atoms with van der Waals surface area (Å²) in [6, 6.07) is 0. The summed E-state index contributed by atoms with van der Waals surface area (Å²) < 4.78 is 0. The van der Waals surface area contributed by atoms with Crippen molar-refractivity contribution in [1.29, 1.82) is 0 Å². The van der Waals surface area contributed by atoms with E-state index in [9.17, 15) is 0 Å². The van der Waals surface area contributed by atoms with Gasteiger partial charge in [0.05, 0.1) is 6.10 Å². The van der Waals surface area contributed by atoms with E-state index in [2.05, 4.69) is 0 Å². The molecule has 0 saturated heterocycles. The van der Waals surface area contributed by atoms with Crippen molar-refractivity contribution < 1.29 is 20.4 Å². The fourth-order valence-electron chi connectivity index (χ4n) is 2.19. The molecule has 4 N–H and O–H groups in total. The molecule has 0 saturated carbocycles. The van der Waals surface area contributed by atoms with Crippen LogP contribution >= 0.6 is 0 Å². The van der Waals surface area contributed by atoms with Crippen LogP contribution in [0.1, 0.15) is 90.4 Å². The molecule has 0 aliphatic rings. The lowest BCUT2D eigenvalue weighted by Gasteiger charge is -2.03. The van der Waals surface area contributed by atoms with E-state index in [4.69, 9.17) is 20.4 Å². The largest absolute Gasteiger partial charge is 0.396 e. The third-order valence-corrected chi connectivity index (χ3v) is 3.60. The van der Waals surface area contributed by atoms with Gasteiger partial charge in [0.1, 0.15) is 0 Å². The molecule has 0 aliphatic carbocycles. The molecule has 0 radical (unpaired) electrons. The van der Waals surface area contributed by atoms with E-state index < -0.39 is 0 Å². The van der Waals surface area contributed by atoms with Gasteiger partial charge in [-0.25, -0.2) is 0 Å². The summed E-state index contributed by atoms with van der Waals surface area (Å²) in [5.74, 6) is 0. The third kappa shape index (κ3) is 28.1. The number of aliphatic hydroxyl groups excluding tert-OH is 4. The molecule has 0 fully saturated rings. The molecule has 0 spiro atoms.